The number of nitrogens with one attached hydrogen (secondary N) is 2. The molecule has 1 saturated carbocycles. The molecular formula is C22H23N5O4S2. The number of thioether (sulfide) groups is 1. The van der Waals surface area contributed by atoms with Crippen molar-refractivity contribution < 1.29 is 18.0 Å². The molecule has 1 aliphatic carbocycles. The highest BCUT2D eigenvalue weighted by molar-refractivity contribution is 7.99. The number of hydrogen-bond donors (Lipinski definition) is 2. The maximum atomic E-state index is 12.7. The number of rotatable bonds is 9. The molecule has 172 valence electrons. The number of anilines is 2. The van der Waals surface area contributed by atoms with Crippen LogP contribution in [0.2, 0.25) is 0 Å². The van der Waals surface area contributed by atoms with Crippen molar-refractivity contribution in [2.75, 3.05) is 22.0 Å². The third-order valence-corrected chi connectivity index (χ3v) is 6.40. The molecule has 0 spiro atoms. The minimum Gasteiger partial charge on any atom is -0.326 e. The number of nitrogens with zero attached hydrogens (tertiary/aromatic N) is 3. The molecule has 2 N–H and O–H groups in total. The highest BCUT2D eigenvalue weighted by atomic mass is 32.2. The van der Waals surface area contributed by atoms with Crippen LogP contribution in [0.5, 0.6) is 0 Å². The molecule has 0 aliphatic heterocycles. The Morgan fingerprint density at radius 1 is 1.09 bits per heavy atom. The highest BCUT2D eigenvalue weighted by Gasteiger charge is 2.31. The zero-order valence-corrected chi connectivity index (χ0v) is 19.7. The van der Waals surface area contributed by atoms with Gasteiger partial charge in [0.25, 0.3) is 0 Å². The van der Waals surface area contributed by atoms with Gasteiger partial charge in [-0.2, -0.15) is 0 Å². The van der Waals surface area contributed by atoms with E-state index in [1.54, 1.807) is 24.3 Å². The van der Waals surface area contributed by atoms with E-state index in [1.165, 1.54) is 18.7 Å². The van der Waals surface area contributed by atoms with E-state index in [9.17, 15) is 18.0 Å². The average Bonchev–Trinajstić information content (AvgIpc) is 3.50. The SMILES string of the molecule is CC(=O)Nc1cccc(-n2c(SCC(=O)c3ccc(NS(C)(=O)=O)cc3)nnc2C2CC2)c1. The van der Waals surface area contributed by atoms with Gasteiger partial charge in [-0.3, -0.25) is 18.9 Å². The van der Waals surface area contributed by atoms with Crippen LogP contribution >= 0.6 is 11.8 Å². The van der Waals surface area contributed by atoms with Gasteiger partial charge >= 0.3 is 0 Å². The van der Waals surface area contributed by atoms with Crippen LogP contribution in [-0.2, 0) is 14.8 Å². The van der Waals surface area contributed by atoms with E-state index in [4.69, 9.17) is 0 Å². The topological polar surface area (TPSA) is 123 Å². The first-order valence-corrected chi connectivity index (χ1v) is 13.1. The summed E-state index contributed by atoms with van der Waals surface area (Å²) < 4.78 is 27.0. The lowest BCUT2D eigenvalue weighted by atomic mass is 10.1. The summed E-state index contributed by atoms with van der Waals surface area (Å²) in [5, 5.41) is 12.1. The first-order valence-electron chi connectivity index (χ1n) is 10.3. The Balaban J connectivity index is 1.52. The van der Waals surface area contributed by atoms with Gasteiger partial charge < -0.3 is 5.32 Å². The fraction of sp³-hybridized carbons (Fsp3) is 0.273. The summed E-state index contributed by atoms with van der Waals surface area (Å²) >= 11 is 1.29. The monoisotopic (exact) mass is 485 g/mol. The van der Waals surface area contributed by atoms with Crippen LogP contribution in [0.3, 0.4) is 0 Å². The number of sulfonamides is 1. The van der Waals surface area contributed by atoms with Crippen molar-refractivity contribution >= 4 is 44.9 Å². The third-order valence-electron chi connectivity index (χ3n) is 4.87. The Bertz CT molecular complexity index is 1300. The Hall–Kier alpha value is -3.18. The lowest BCUT2D eigenvalue weighted by molar-refractivity contribution is -0.114. The molecule has 0 unspecified atom stereocenters. The quantitative estimate of drug-likeness (QED) is 0.351. The highest BCUT2D eigenvalue weighted by Crippen LogP contribution is 2.41. The van der Waals surface area contributed by atoms with Crippen LogP contribution in [0.15, 0.2) is 53.7 Å². The largest absolute Gasteiger partial charge is 0.326 e. The number of ketones is 1. The van der Waals surface area contributed by atoms with E-state index in [1.807, 2.05) is 28.8 Å². The summed E-state index contributed by atoms with van der Waals surface area (Å²) in [6, 6.07) is 13.7. The molecule has 3 aromatic rings. The normalized spacial score (nSPS) is 13.5. The molecule has 11 heteroatoms. The summed E-state index contributed by atoms with van der Waals surface area (Å²) in [5.74, 6) is 1.06. The number of hydrogen-bond acceptors (Lipinski definition) is 7. The Morgan fingerprint density at radius 3 is 2.45 bits per heavy atom. The second-order valence-corrected chi connectivity index (χ2v) is 10.5. The van der Waals surface area contributed by atoms with Gasteiger partial charge in [0.1, 0.15) is 5.82 Å². The van der Waals surface area contributed by atoms with Gasteiger partial charge in [-0.1, -0.05) is 17.8 Å². The van der Waals surface area contributed by atoms with Gasteiger partial charge in [-0.15, -0.1) is 10.2 Å². The number of carbonyl (C=O) groups excluding carboxylic acids is 2. The Kier molecular flexibility index (Phi) is 6.52. The minimum absolute atomic E-state index is 0.111. The van der Waals surface area contributed by atoms with E-state index in [-0.39, 0.29) is 17.4 Å². The van der Waals surface area contributed by atoms with Gasteiger partial charge in [0.05, 0.1) is 17.7 Å². The molecular weight excluding hydrogens is 462 g/mol. The standard InChI is InChI=1S/C22H23N5O4S2/c1-14(28)23-18-4-3-5-19(12-18)27-21(16-6-7-16)24-25-22(27)32-13-20(29)15-8-10-17(11-9-15)26-33(2,30)31/h3-5,8-12,16,26H,6-7,13H2,1-2H3,(H,23,28). The fourth-order valence-electron chi connectivity index (χ4n) is 3.30. The van der Waals surface area contributed by atoms with Crippen LogP contribution in [0.1, 0.15) is 41.9 Å². The second-order valence-electron chi connectivity index (χ2n) is 7.85. The molecule has 0 bridgehead atoms. The summed E-state index contributed by atoms with van der Waals surface area (Å²) in [6.45, 7) is 1.46. The van der Waals surface area contributed by atoms with Gasteiger partial charge in [0.15, 0.2) is 10.9 Å². The fourth-order valence-corrected chi connectivity index (χ4v) is 4.72. The summed E-state index contributed by atoms with van der Waals surface area (Å²) in [4.78, 5) is 24.2. The number of aromatic nitrogens is 3. The molecule has 2 aromatic carbocycles. The van der Waals surface area contributed by atoms with Crippen LogP contribution in [0.4, 0.5) is 11.4 Å². The summed E-state index contributed by atoms with van der Waals surface area (Å²) in [6.07, 6.45) is 3.16. The van der Waals surface area contributed by atoms with E-state index in [0.29, 0.717) is 28.0 Å². The molecule has 4 rings (SSSR count). The Morgan fingerprint density at radius 2 is 1.82 bits per heavy atom. The van der Waals surface area contributed by atoms with Crippen LogP contribution < -0.4 is 10.0 Å². The molecule has 0 saturated heterocycles. The van der Waals surface area contributed by atoms with Crippen molar-refractivity contribution in [1.82, 2.24) is 14.8 Å². The van der Waals surface area contributed by atoms with Crippen molar-refractivity contribution in [3.63, 3.8) is 0 Å². The molecule has 9 nitrogen and oxygen atoms in total. The number of carbonyl (C=O) groups is 2. The Labute approximate surface area is 196 Å². The lowest BCUT2D eigenvalue weighted by Crippen LogP contribution is -2.10. The van der Waals surface area contributed by atoms with Gasteiger partial charge in [0, 0.05) is 29.8 Å². The average molecular weight is 486 g/mol. The first kappa shape index (κ1) is 23.0. The van der Waals surface area contributed by atoms with Gasteiger partial charge in [0.2, 0.25) is 15.9 Å². The predicted molar refractivity (Wildman–Crippen MR) is 128 cm³/mol. The van der Waals surface area contributed by atoms with E-state index < -0.39 is 10.0 Å². The first-order chi connectivity index (χ1) is 15.7. The van der Waals surface area contributed by atoms with Crippen LogP contribution in [0.25, 0.3) is 5.69 Å². The zero-order valence-electron chi connectivity index (χ0n) is 18.1. The lowest BCUT2D eigenvalue weighted by Gasteiger charge is -2.12. The van der Waals surface area contributed by atoms with E-state index >= 15 is 0 Å². The van der Waals surface area contributed by atoms with Crippen molar-refractivity contribution in [2.24, 2.45) is 0 Å². The van der Waals surface area contributed by atoms with Crippen LogP contribution in [0, 0.1) is 0 Å². The minimum atomic E-state index is -3.38. The molecule has 1 aliphatic rings. The van der Waals surface area contributed by atoms with E-state index in [0.717, 1.165) is 30.6 Å². The van der Waals surface area contributed by atoms with Gasteiger partial charge in [-0.05, 0) is 55.3 Å². The van der Waals surface area contributed by atoms with Crippen LogP contribution in [-0.4, -0.2) is 46.9 Å². The second kappa shape index (κ2) is 9.36. The van der Waals surface area contributed by atoms with Crippen molar-refractivity contribution in [3.8, 4) is 5.69 Å². The number of benzene rings is 2. The summed E-state index contributed by atoms with van der Waals surface area (Å²) in [7, 11) is -3.38. The van der Waals surface area contributed by atoms with Crippen molar-refractivity contribution in [1.29, 1.82) is 0 Å². The third kappa shape index (κ3) is 5.99. The van der Waals surface area contributed by atoms with Gasteiger partial charge in [-0.25, -0.2) is 8.42 Å². The smallest absolute Gasteiger partial charge is 0.229 e. The predicted octanol–water partition coefficient (Wildman–Crippen LogP) is 3.45. The maximum absolute atomic E-state index is 12.7. The zero-order chi connectivity index (χ0) is 23.6. The number of amides is 1. The molecule has 1 aromatic heterocycles. The molecule has 1 heterocycles. The molecule has 1 fully saturated rings. The molecule has 33 heavy (non-hydrogen) atoms. The molecule has 0 radical (unpaired) electrons. The van der Waals surface area contributed by atoms with E-state index in [2.05, 4.69) is 20.2 Å². The number of Topliss-reactive ketones (excluding diaryl/α,β-unsaturated/α-hetero) is 1. The van der Waals surface area contributed by atoms with Crippen molar-refractivity contribution in [2.45, 2.75) is 30.8 Å². The van der Waals surface area contributed by atoms with Crippen molar-refractivity contribution in [3.05, 3.63) is 59.9 Å². The molecule has 1 amide bonds. The summed E-state index contributed by atoms with van der Waals surface area (Å²) in [5.41, 5.74) is 2.36. The molecule has 0 atom stereocenters. The maximum Gasteiger partial charge on any atom is 0.229 e.